The van der Waals surface area contributed by atoms with Crippen molar-refractivity contribution in [1.29, 1.82) is 0 Å². The Balaban J connectivity index is 2.16. The van der Waals surface area contributed by atoms with Crippen molar-refractivity contribution in [2.45, 2.75) is 6.55 Å². The summed E-state index contributed by atoms with van der Waals surface area (Å²) in [6, 6.07) is 5.18. The molecule has 0 atom stereocenters. The average molecular weight is 334 g/mol. The highest BCUT2D eigenvalue weighted by Crippen LogP contribution is 2.20. The van der Waals surface area contributed by atoms with E-state index in [1.807, 2.05) is 0 Å². The van der Waals surface area contributed by atoms with Crippen molar-refractivity contribution in [3.63, 3.8) is 0 Å². The second-order valence-corrected chi connectivity index (χ2v) is 4.45. The Morgan fingerprint density at radius 2 is 2.11 bits per heavy atom. The molecule has 0 aliphatic carbocycles. The van der Waals surface area contributed by atoms with Crippen LogP contribution in [0.15, 0.2) is 34.9 Å². The van der Waals surface area contributed by atoms with Gasteiger partial charge in [0.25, 0.3) is 5.91 Å². The van der Waals surface area contributed by atoms with Gasteiger partial charge in [-0.25, -0.2) is 9.07 Å². The molecule has 0 unspecified atom stereocenters. The van der Waals surface area contributed by atoms with Gasteiger partial charge in [-0.1, -0.05) is 15.9 Å². The van der Waals surface area contributed by atoms with Crippen molar-refractivity contribution in [3.8, 4) is 0 Å². The molecule has 0 saturated carbocycles. The first-order valence-electron chi connectivity index (χ1n) is 5.07. The first-order valence-corrected chi connectivity index (χ1v) is 5.86. The quantitative estimate of drug-likeness (QED) is 0.935. The molecule has 0 fully saturated rings. The summed E-state index contributed by atoms with van der Waals surface area (Å²) in [6.07, 6.45) is 0.970. The molecule has 2 rings (SSSR count). The number of hydrogen-bond donors (Lipinski definition) is 1. The van der Waals surface area contributed by atoms with Gasteiger partial charge in [0.15, 0.2) is 5.69 Å². The molecule has 100 valence electrons. The molecule has 19 heavy (non-hydrogen) atoms. The lowest BCUT2D eigenvalue weighted by atomic mass is 10.3. The Morgan fingerprint density at radius 3 is 2.68 bits per heavy atom. The van der Waals surface area contributed by atoms with Gasteiger partial charge in [-0.15, -0.1) is 0 Å². The number of nitrogens with zero attached hydrogens (tertiary/aromatic N) is 2. The summed E-state index contributed by atoms with van der Waals surface area (Å²) in [5, 5.41) is 5.63. The van der Waals surface area contributed by atoms with E-state index in [1.165, 1.54) is 18.2 Å². The Morgan fingerprint density at radius 1 is 1.37 bits per heavy atom. The number of benzene rings is 1. The molecule has 1 amide bonds. The lowest BCUT2D eigenvalue weighted by molar-refractivity contribution is 0.0561. The number of nitrogens with one attached hydrogen (secondary N) is 1. The van der Waals surface area contributed by atoms with Crippen LogP contribution in [0.1, 0.15) is 17.0 Å². The fourth-order valence-electron chi connectivity index (χ4n) is 1.35. The highest BCUT2D eigenvalue weighted by atomic mass is 79.9. The third-order valence-electron chi connectivity index (χ3n) is 2.22. The van der Waals surface area contributed by atoms with Gasteiger partial charge in [0, 0.05) is 10.7 Å². The summed E-state index contributed by atoms with van der Waals surface area (Å²) in [4.78, 5) is 11.7. The molecule has 0 aliphatic heterocycles. The van der Waals surface area contributed by atoms with Crippen LogP contribution in [0.25, 0.3) is 0 Å². The number of anilines is 1. The maximum Gasteiger partial charge on any atom is 0.333 e. The first-order chi connectivity index (χ1) is 8.97. The number of halogens is 4. The Hall–Kier alpha value is -1.83. The number of hydrogen-bond acceptors (Lipinski definition) is 2. The van der Waals surface area contributed by atoms with Crippen molar-refractivity contribution in [2.24, 2.45) is 0 Å². The van der Waals surface area contributed by atoms with Crippen LogP contribution in [0.3, 0.4) is 0 Å². The first kappa shape index (κ1) is 13.6. The van der Waals surface area contributed by atoms with Crippen LogP contribution in [0, 0.1) is 5.82 Å². The van der Waals surface area contributed by atoms with Crippen LogP contribution in [0.5, 0.6) is 0 Å². The normalized spacial score (nSPS) is 10.8. The van der Waals surface area contributed by atoms with Gasteiger partial charge in [-0.3, -0.25) is 4.79 Å². The van der Waals surface area contributed by atoms with E-state index in [0.29, 0.717) is 9.15 Å². The number of carbonyl (C=O) groups is 1. The van der Waals surface area contributed by atoms with E-state index in [9.17, 15) is 18.0 Å². The van der Waals surface area contributed by atoms with Gasteiger partial charge in [0.1, 0.15) is 5.82 Å². The SMILES string of the molecule is O=C(Nc1ccc(Br)cc1F)c1ccn(C(F)F)n1. The lowest BCUT2D eigenvalue weighted by Gasteiger charge is -2.05. The van der Waals surface area contributed by atoms with Crippen LogP contribution in [-0.4, -0.2) is 15.7 Å². The highest BCUT2D eigenvalue weighted by molar-refractivity contribution is 9.10. The minimum absolute atomic E-state index is 0.0557. The minimum atomic E-state index is -2.83. The Kier molecular flexibility index (Phi) is 3.89. The van der Waals surface area contributed by atoms with E-state index in [0.717, 1.165) is 12.3 Å². The summed E-state index contributed by atoms with van der Waals surface area (Å²) in [7, 11) is 0. The van der Waals surface area contributed by atoms with Crippen molar-refractivity contribution in [2.75, 3.05) is 5.32 Å². The molecule has 2 aromatic rings. The monoisotopic (exact) mass is 333 g/mol. The van der Waals surface area contributed by atoms with Crippen molar-refractivity contribution >= 4 is 27.5 Å². The number of alkyl halides is 2. The fourth-order valence-corrected chi connectivity index (χ4v) is 1.68. The van der Waals surface area contributed by atoms with Gasteiger partial charge in [0.2, 0.25) is 0 Å². The summed E-state index contributed by atoms with van der Waals surface area (Å²) >= 11 is 3.07. The Bertz CT molecular complexity index is 615. The zero-order chi connectivity index (χ0) is 14.0. The van der Waals surface area contributed by atoms with E-state index in [4.69, 9.17) is 0 Å². The predicted molar refractivity (Wildman–Crippen MR) is 65.5 cm³/mol. The summed E-state index contributed by atoms with van der Waals surface area (Å²) in [6.45, 7) is -2.83. The van der Waals surface area contributed by atoms with E-state index in [1.54, 1.807) is 0 Å². The van der Waals surface area contributed by atoms with Crippen molar-refractivity contribution in [1.82, 2.24) is 9.78 Å². The van der Waals surface area contributed by atoms with Crippen molar-refractivity contribution < 1.29 is 18.0 Å². The lowest BCUT2D eigenvalue weighted by Crippen LogP contribution is -2.14. The van der Waals surface area contributed by atoms with Gasteiger partial charge in [0.05, 0.1) is 5.69 Å². The largest absolute Gasteiger partial charge is 0.333 e. The van der Waals surface area contributed by atoms with Crippen LogP contribution in [-0.2, 0) is 0 Å². The molecule has 0 radical (unpaired) electrons. The van der Waals surface area contributed by atoms with Crippen LogP contribution in [0.4, 0.5) is 18.9 Å². The zero-order valence-corrected chi connectivity index (χ0v) is 10.9. The van der Waals surface area contributed by atoms with Gasteiger partial charge >= 0.3 is 6.55 Å². The molecule has 0 spiro atoms. The maximum absolute atomic E-state index is 13.5. The number of aromatic nitrogens is 2. The van der Waals surface area contributed by atoms with Crippen LogP contribution in [0.2, 0.25) is 0 Å². The molecule has 1 N–H and O–H groups in total. The standard InChI is InChI=1S/C11H7BrF3N3O/c12-6-1-2-8(7(13)5-6)16-10(19)9-3-4-18(17-9)11(14)15/h1-5,11H,(H,16,19). The smallest absolute Gasteiger partial charge is 0.318 e. The maximum atomic E-state index is 13.5. The molecule has 0 aliphatic rings. The molecule has 0 bridgehead atoms. The van der Waals surface area contributed by atoms with E-state index >= 15 is 0 Å². The molecule has 0 saturated heterocycles. The molecular formula is C11H7BrF3N3O. The number of rotatable bonds is 3. The number of carbonyl (C=O) groups excluding carboxylic acids is 1. The van der Waals surface area contributed by atoms with E-state index in [-0.39, 0.29) is 11.4 Å². The highest BCUT2D eigenvalue weighted by Gasteiger charge is 2.14. The second-order valence-electron chi connectivity index (χ2n) is 3.54. The Labute approximate surface area is 114 Å². The molecule has 1 heterocycles. The third-order valence-corrected chi connectivity index (χ3v) is 2.71. The molecule has 1 aromatic carbocycles. The average Bonchev–Trinajstić information content (AvgIpc) is 2.82. The predicted octanol–water partition coefficient (Wildman–Crippen LogP) is 3.43. The van der Waals surface area contributed by atoms with Gasteiger partial charge in [-0.2, -0.15) is 13.9 Å². The number of amides is 1. The molecular weight excluding hydrogens is 327 g/mol. The second kappa shape index (κ2) is 5.43. The van der Waals surface area contributed by atoms with E-state index in [2.05, 4.69) is 26.3 Å². The van der Waals surface area contributed by atoms with Crippen LogP contribution < -0.4 is 5.32 Å². The summed E-state index contributed by atoms with van der Waals surface area (Å²) in [5.41, 5.74) is -0.276. The topological polar surface area (TPSA) is 46.9 Å². The molecule has 8 heteroatoms. The van der Waals surface area contributed by atoms with Gasteiger partial charge in [-0.05, 0) is 24.3 Å². The summed E-state index contributed by atoms with van der Waals surface area (Å²) in [5.74, 6) is -1.41. The minimum Gasteiger partial charge on any atom is -0.318 e. The summed E-state index contributed by atoms with van der Waals surface area (Å²) < 4.78 is 38.9. The van der Waals surface area contributed by atoms with E-state index < -0.39 is 18.3 Å². The van der Waals surface area contributed by atoms with Gasteiger partial charge < -0.3 is 5.32 Å². The van der Waals surface area contributed by atoms with Crippen molar-refractivity contribution in [3.05, 3.63) is 46.4 Å². The van der Waals surface area contributed by atoms with Crippen LogP contribution >= 0.6 is 15.9 Å². The molecule has 1 aromatic heterocycles. The fraction of sp³-hybridized carbons (Fsp3) is 0.0909. The third kappa shape index (κ3) is 3.14. The molecule has 4 nitrogen and oxygen atoms in total. The zero-order valence-electron chi connectivity index (χ0n) is 9.28.